The molecule has 2 heterocycles. The van der Waals surface area contributed by atoms with Crippen LogP contribution in [0.15, 0.2) is 16.9 Å². The van der Waals surface area contributed by atoms with Gasteiger partial charge in [-0.3, -0.25) is 14.4 Å². The van der Waals surface area contributed by atoms with Crippen molar-refractivity contribution in [3.8, 4) is 0 Å². The molecule has 0 saturated carbocycles. The van der Waals surface area contributed by atoms with Gasteiger partial charge in [0, 0.05) is 19.7 Å². The molecule has 21 heavy (non-hydrogen) atoms. The molecular weight excluding hydrogens is 278 g/mol. The van der Waals surface area contributed by atoms with E-state index in [4.69, 9.17) is 4.74 Å². The average molecular weight is 295 g/mol. The van der Waals surface area contributed by atoms with Crippen molar-refractivity contribution in [2.24, 2.45) is 13.0 Å². The quantitative estimate of drug-likeness (QED) is 0.791. The molecule has 8 heteroatoms. The molecule has 2 unspecified atom stereocenters. The summed E-state index contributed by atoms with van der Waals surface area (Å²) >= 11 is 0. The van der Waals surface area contributed by atoms with Gasteiger partial charge in [-0.1, -0.05) is 0 Å². The van der Waals surface area contributed by atoms with Crippen LogP contribution < -0.4 is 5.56 Å². The zero-order valence-electron chi connectivity index (χ0n) is 11.9. The molecule has 1 N–H and O–H groups in total. The van der Waals surface area contributed by atoms with E-state index in [1.807, 2.05) is 0 Å². The Labute approximate surface area is 120 Å². The van der Waals surface area contributed by atoms with Crippen LogP contribution in [0.4, 0.5) is 0 Å². The Hall–Kier alpha value is -2.22. The normalized spacial score (nSPS) is 21.2. The summed E-state index contributed by atoms with van der Waals surface area (Å²) in [6.45, 7) is 2.37. The third-order valence-corrected chi connectivity index (χ3v) is 3.55. The van der Waals surface area contributed by atoms with Crippen LogP contribution >= 0.6 is 0 Å². The minimum atomic E-state index is -0.989. The highest BCUT2D eigenvalue weighted by atomic mass is 16.5. The molecule has 2 rings (SSSR count). The van der Waals surface area contributed by atoms with Crippen LogP contribution in [0.3, 0.4) is 0 Å². The molecule has 8 nitrogen and oxygen atoms in total. The van der Waals surface area contributed by atoms with Crippen molar-refractivity contribution in [2.45, 2.75) is 13.0 Å². The van der Waals surface area contributed by atoms with Crippen LogP contribution in [0.2, 0.25) is 0 Å². The standard InChI is InChI=1S/C13H17N3O5/c1-3-16(10-7-21-6-8(10)13(19)20)12(18)9-4-5-11(17)15(2)14-9/h4-5,8,10H,3,6-7H2,1-2H3,(H,19,20). The maximum absolute atomic E-state index is 12.5. The summed E-state index contributed by atoms with van der Waals surface area (Å²) in [4.78, 5) is 36.4. The number of carbonyl (C=O) groups excluding carboxylic acids is 1. The van der Waals surface area contributed by atoms with Gasteiger partial charge in [0.2, 0.25) is 0 Å². The molecule has 1 aliphatic rings. The Balaban J connectivity index is 2.28. The molecule has 1 aromatic heterocycles. The molecule has 0 bridgehead atoms. The van der Waals surface area contributed by atoms with Crippen LogP contribution in [0.5, 0.6) is 0 Å². The topological polar surface area (TPSA) is 102 Å². The Morgan fingerprint density at radius 1 is 1.48 bits per heavy atom. The second kappa shape index (κ2) is 6.04. The van der Waals surface area contributed by atoms with Crippen molar-refractivity contribution < 1.29 is 19.4 Å². The lowest BCUT2D eigenvalue weighted by Gasteiger charge is -2.28. The van der Waals surface area contributed by atoms with E-state index >= 15 is 0 Å². The molecule has 1 saturated heterocycles. The molecule has 1 amide bonds. The van der Waals surface area contributed by atoms with Gasteiger partial charge < -0.3 is 14.7 Å². The summed E-state index contributed by atoms with van der Waals surface area (Å²) in [5, 5.41) is 13.1. The number of amides is 1. The van der Waals surface area contributed by atoms with Crippen molar-refractivity contribution in [2.75, 3.05) is 19.8 Å². The number of hydrogen-bond acceptors (Lipinski definition) is 5. The Kier molecular flexibility index (Phi) is 4.37. The van der Waals surface area contributed by atoms with Crippen LogP contribution in [0.25, 0.3) is 0 Å². The highest BCUT2D eigenvalue weighted by molar-refractivity contribution is 5.92. The molecule has 1 aliphatic heterocycles. The zero-order chi connectivity index (χ0) is 15.6. The smallest absolute Gasteiger partial charge is 0.311 e. The second-order valence-electron chi connectivity index (χ2n) is 4.82. The average Bonchev–Trinajstić information content (AvgIpc) is 2.92. The van der Waals surface area contributed by atoms with Crippen LogP contribution in [-0.2, 0) is 16.6 Å². The number of ether oxygens (including phenoxy) is 1. The van der Waals surface area contributed by atoms with Crippen LogP contribution in [-0.4, -0.2) is 57.5 Å². The van der Waals surface area contributed by atoms with Gasteiger partial charge in [-0.2, -0.15) is 5.10 Å². The zero-order valence-corrected chi connectivity index (χ0v) is 11.9. The van der Waals surface area contributed by atoms with E-state index in [0.29, 0.717) is 6.54 Å². The summed E-state index contributed by atoms with van der Waals surface area (Å²) in [6, 6.07) is 2.08. The van der Waals surface area contributed by atoms with Gasteiger partial charge in [0.1, 0.15) is 11.6 Å². The summed E-state index contributed by atoms with van der Waals surface area (Å²) in [7, 11) is 1.45. The summed E-state index contributed by atoms with van der Waals surface area (Å²) in [5.74, 6) is -2.14. The Morgan fingerprint density at radius 3 is 2.76 bits per heavy atom. The summed E-state index contributed by atoms with van der Waals surface area (Å²) in [5.41, 5.74) is -0.211. The molecule has 2 atom stereocenters. The van der Waals surface area contributed by atoms with Crippen molar-refractivity contribution >= 4 is 11.9 Å². The van der Waals surface area contributed by atoms with Crippen molar-refractivity contribution in [1.29, 1.82) is 0 Å². The number of carboxylic acids is 1. The lowest BCUT2D eigenvalue weighted by Crippen LogP contribution is -2.47. The second-order valence-corrected chi connectivity index (χ2v) is 4.82. The summed E-state index contributed by atoms with van der Waals surface area (Å²) < 4.78 is 6.26. The molecule has 114 valence electrons. The SMILES string of the molecule is CCN(C(=O)c1ccc(=O)n(C)n1)C1COCC1C(=O)O. The first-order valence-electron chi connectivity index (χ1n) is 6.61. The monoisotopic (exact) mass is 295 g/mol. The van der Waals surface area contributed by atoms with Gasteiger partial charge >= 0.3 is 5.97 Å². The van der Waals surface area contributed by atoms with E-state index in [0.717, 1.165) is 4.68 Å². The van der Waals surface area contributed by atoms with E-state index < -0.39 is 23.8 Å². The maximum Gasteiger partial charge on any atom is 0.311 e. The summed E-state index contributed by atoms with van der Waals surface area (Å²) in [6.07, 6.45) is 0. The first-order valence-corrected chi connectivity index (χ1v) is 6.61. The first kappa shape index (κ1) is 15.2. The van der Waals surface area contributed by atoms with Gasteiger partial charge in [0.25, 0.3) is 11.5 Å². The fourth-order valence-corrected chi connectivity index (χ4v) is 2.38. The van der Waals surface area contributed by atoms with Gasteiger partial charge in [-0.05, 0) is 13.0 Å². The molecule has 1 aromatic rings. The minimum Gasteiger partial charge on any atom is -0.481 e. The number of hydrogen-bond donors (Lipinski definition) is 1. The predicted octanol–water partition coefficient (Wildman–Crippen LogP) is -0.658. The molecule has 0 radical (unpaired) electrons. The lowest BCUT2D eigenvalue weighted by molar-refractivity contribution is -0.142. The lowest BCUT2D eigenvalue weighted by atomic mass is 10.0. The molecule has 1 fully saturated rings. The molecular formula is C13H17N3O5. The van der Waals surface area contributed by atoms with Crippen LogP contribution in [0.1, 0.15) is 17.4 Å². The van der Waals surface area contributed by atoms with E-state index in [1.54, 1.807) is 6.92 Å². The maximum atomic E-state index is 12.5. The van der Waals surface area contributed by atoms with Crippen molar-refractivity contribution in [3.05, 3.63) is 28.2 Å². The van der Waals surface area contributed by atoms with Gasteiger partial charge in [-0.15, -0.1) is 0 Å². The third kappa shape index (κ3) is 2.94. The molecule has 0 aliphatic carbocycles. The van der Waals surface area contributed by atoms with Gasteiger partial charge in [0.05, 0.1) is 19.3 Å². The number of aromatic nitrogens is 2. The van der Waals surface area contributed by atoms with Crippen LogP contribution in [0, 0.1) is 5.92 Å². The third-order valence-electron chi connectivity index (χ3n) is 3.55. The fraction of sp³-hybridized carbons (Fsp3) is 0.538. The number of carboxylic acid groups (broad SMARTS) is 1. The van der Waals surface area contributed by atoms with E-state index in [2.05, 4.69) is 5.10 Å². The highest BCUT2D eigenvalue weighted by Gasteiger charge is 2.40. The fourth-order valence-electron chi connectivity index (χ4n) is 2.38. The number of rotatable bonds is 4. The Morgan fingerprint density at radius 2 is 2.19 bits per heavy atom. The largest absolute Gasteiger partial charge is 0.481 e. The minimum absolute atomic E-state index is 0.0878. The highest BCUT2D eigenvalue weighted by Crippen LogP contribution is 2.21. The van der Waals surface area contributed by atoms with Crippen molar-refractivity contribution in [1.82, 2.24) is 14.7 Å². The van der Waals surface area contributed by atoms with E-state index in [1.165, 1.54) is 24.1 Å². The van der Waals surface area contributed by atoms with Crippen molar-refractivity contribution in [3.63, 3.8) is 0 Å². The van der Waals surface area contributed by atoms with Gasteiger partial charge in [0.15, 0.2) is 0 Å². The molecule has 0 spiro atoms. The van der Waals surface area contributed by atoms with E-state index in [9.17, 15) is 19.5 Å². The molecule has 0 aromatic carbocycles. The van der Waals surface area contributed by atoms with E-state index in [-0.39, 0.29) is 24.5 Å². The number of nitrogens with zero attached hydrogens (tertiary/aromatic N) is 3. The number of carbonyl (C=O) groups is 2. The number of aryl methyl sites for hydroxylation is 1. The Bertz CT molecular complexity index is 612. The van der Waals surface area contributed by atoms with Gasteiger partial charge in [-0.25, -0.2) is 4.68 Å². The first-order chi connectivity index (χ1) is 9.95. The number of aliphatic carboxylic acids is 1. The predicted molar refractivity (Wildman–Crippen MR) is 71.9 cm³/mol. The number of likely N-dealkylation sites (N-methyl/N-ethyl adjacent to an activating group) is 1.